The molecule has 3 aromatic rings. The van der Waals surface area contributed by atoms with E-state index in [2.05, 4.69) is 50.8 Å². The third-order valence-electron chi connectivity index (χ3n) is 7.21. The largest absolute Gasteiger partial charge is 0.490 e. The molecule has 1 aromatic heterocycles. The third-order valence-corrected chi connectivity index (χ3v) is 8.26. The molecular formula is C29H36N4O2S. The lowest BCUT2D eigenvalue weighted by molar-refractivity contribution is 0.0951. The van der Waals surface area contributed by atoms with E-state index in [9.17, 15) is 4.79 Å². The van der Waals surface area contributed by atoms with Crippen LogP contribution in [0, 0.1) is 5.92 Å². The van der Waals surface area contributed by atoms with Gasteiger partial charge in [0.1, 0.15) is 21.7 Å². The van der Waals surface area contributed by atoms with Crippen molar-refractivity contribution in [2.75, 3.05) is 32.7 Å². The molecule has 0 saturated carbocycles. The maximum atomic E-state index is 12.7. The summed E-state index contributed by atoms with van der Waals surface area (Å²) in [5, 5.41) is 7.33. The summed E-state index contributed by atoms with van der Waals surface area (Å²) in [6.45, 7) is 6.05. The van der Waals surface area contributed by atoms with Crippen LogP contribution in [0.4, 0.5) is 0 Å². The van der Waals surface area contributed by atoms with Gasteiger partial charge < -0.3 is 15.4 Å². The molecule has 1 amide bonds. The molecule has 36 heavy (non-hydrogen) atoms. The van der Waals surface area contributed by atoms with E-state index in [1.54, 1.807) is 6.20 Å². The van der Waals surface area contributed by atoms with Gasteiger partial charge in [-0.25, -0.2) is 4.98 Å². The van der Waals surface area contributed by atoms with Gasteiger partial charge in [0.25, 0.3) is 5.91 Å². The molecule has 2 N–H and O–H groups in total. The molecule has 0 radical (unpaired) electrons. The van der Waals surface area contributed by atoms with Crippen LogP contribution in [-0.4, -0.2) is 54.6 Å². The highest BCUT2D eigenvalue weighted by Gasteiger charge is 2.20. The first-order chi connectivity index (χ1) is 17.7. The highest BCUT2D eigenvalue weighted by atomic mass is 32.1. The molecule has 0 spiro atoms. The van der Waals surface area contributed by atoms with Gasteiger partial charge in [0.15, 0.2) is 0 Å². The monoisotopic (exact) mass is 504 g/mol. The first kappa shape index (κ1) is 24.9. The fourth-order valence-corrected chi connectivity index (χ4v) is 5.88. The SMILES string of the molecule is O=C(NCCC1CCN(Cc2ccccc2)CC1)c1cnc(-c2ccc(OC3CCNCC3)cc2)s1. The van der Waals surface area contributed by atoms with E-state index in [0.717, 1.165) is 74.9 Å². The van der Waals surface area contributed by atoms with Crippen molar-refractivity contribution in [1.82, 2.24) is 20.5 Å². The Labute approximate surface area is 218 Å². The molecule has 0 atom stereocenters. The van der Waals surface area contributed by atoms with Gasteiger partial charge in [0, 0.05) is 18.7 Å². The summed E-state index contributed by atoms with van der Waals surface area (Å²) in [7, 11) is 0. The number of likely N-dealkylation sites (tertiary alicyclic amines) is 1. The number of carbonyl (C=O) groups is 1. The van der Waals surface area contributed by atoms with Crippen molar-refractivity contribution in [3.8, 4) is 16.3 Å². The fraction of sp³-hybridized carbons (Fsp3) is 0.448. The van der Waals surface area contributed by atoms with E-state index >= 15 is 0 Å². The van der Waals surface area contributed by atoms with Gasteiger partial charge >= 0.3 is 0 Å². The molecule has 0 unspecified atom stereocenters. The van der Waals surface area contributed by atoms with E-state index in [1.165, 1.54) is 29.7 Å². The Hall–Kier alpha value is -2.74. The van der Waals surface area contributed by atoms with E-state index in [1.807, 2.05) is 24.3 Å². The van der Waals surface area contributed by atoms with Crippen LogP contribution in [0.5, 0.6) is 5.75 Å². The number of nitrogens with zero attached hydrogens (tertiary/aromatic N) is 2. The normalized spacial score (nSPS) is 17.7. The topological polar surface area (TPSA) is 66.5 Å². The van der Waals surface area contributed by atoms with Crippen molar-refractivity contribution < 1.29 is 9.53 Å². The minimum atomic E-state index is -0.0221. The number of nitrogens with one attached hydrogen (secondary N) is 2. The molecule has 0 bridgehead atoms. The molecule has 190 valence electrons. The Morgan fingerprint density at radius 1 is 1.03 bits per heavy atom. The van der Waals surface area contributed by atoms with Crippen molar-refractivity contribution >= 4 is 17.2 Å². The highest BCUT2D eigenvalue weighted by molar-refractivity contribution is 7.16. The number of piperidine rings is 2. The maximum absolute atomic E-state index is 12.7. The van der Waals surface area contributed by atoms with Gasteiger partial charge in [0.05, 0.1) is 6.20 Å². The Bertz CT molecular complexity index is 1090. The Kier molecular flexibility index (Phi) is 8.64. The van der Waals surface area contributed by atoms with Gasteiger partial charge in [-0.2, -0.15) is 0 Å². The summed E-state index contributed by atoms with van der Waals surface area (Å²) < 4.78 is 6.09. The number of thiazole rings is 1. The van der Waals surface area contributed by atoms with Crippen LogP contribution >= 0.6 is 11.3 Å². The second kappa shape index (κ2) is 12.5. The van der Waals surface area contributed by atoms with Crippen LogP contribution in [0.3, 0.4) is 0 Å². The number of carbonyl (C=O) groups excluding carboxylic acids is 1. The van der Waals surface area contributed by atoms with Crippen LogP contribution in [0.2, 0.25) is 0 Å². The molecule has 2 aliphatic rings. The third kappa shape index (κ3) is 6.93. The zero-order chi connectivity index (χ0) is 24.6. The van der Waals surface area contributed by atoms with E-state index in [4.69, 9.17) is 4.74 Å². The number of amides is 1. The van der Waals surface area contributed by atoms with Gasteiger partial charge in [-0.15, -0.1) is 11.3 Å². The van der Waals surface area contributed by atoms with E-state index < -0.39 is 0 Å². The summed E-state index contributed by atoms with van der Waals surface area (Å²) in [4.78, 5) is 20.4. The number of benzene rings is 2. The van der Waals surface area contributed by atoms with Crippen molar-refractivity contribution in [2.24, 2.45) is 5.92 Å². The number of rotatable bonds is 9. The zero-order valence-electron chi connectivity index (χ0n) is 20.8. The molecule has 3 heterocycles. The molecule has 0 aliphatic carbocycles. The Morgan fingerprint density at radius 3 is 2.53 bits per heavy atom. The summed E-state index contributed by atoms with van der Waals surface area (Å²) in [6.07, 6.45) is 7.50. The first-order valence-corrected chi connectivity index (χ1v) is 14.0. The number of hydrogen-bond acceptors (Lipinski definition) is 6. The van der Waals surface area contributed by atoms with Gasteiger partial charge in [-0.3, -0.25) is 9.69 Å². The average molecular weight is 505 g/mol. The standard InChI is InChI=1S/C29H36N4O2S/c34-28(31-17-10-22-13-18-33(19-14-22)21-23-4-2-1-3-5-23)27-20-32-29(36-27)24-6-8-25(9-7-24)35-26-11-15-30-16-12-26/h1-9,20,22,26,30H,10-19,21H2,(H,31,34). The number of hydrogen-bond donors (Lipinski definition) is 2. The molecule has 2 aromatic carbocycles. The minimum absolute atomic E-state index is 0.0221. The van der Waals surface area contributed by atoms with Crippen molar-refractivity contribution in [3.63, 3.8) is 0 Å². The van der Waals surface area contributed by atoms with Crippen molar-refractivity contribution in [2.45, 2.75) is 44.8 Å². The van der Waals surface area contributed by atoms with Gasteiger partial charge in [0.2, 0.25) is 0 Å². The number of aromatic nitrogens is 1. The lowest BCUT2D eigenvalue weighted by Crippen LogP contribution is -2.34. The van der Waals surface area contributed by atoms with Crippen LogP contribution in [0.15, 0.2) is 60.8 Å². The predicted octanol–water partition coefficient (Wildman–Crippen LogP) is 4.97. The Balaban J connectivity index is 1.03. The van der Waals surface area contributed by atoms with E-state index in [-0.39, 0.29) is 12.0 Å². The maximum Gasteiger partial charge on any atom is 0.263 e. The van der Waals surface area contributed by atoms with Crippen LogP contribution < -0.4 is 15.4 Å². The molecule has 7 heteroatoms. The van der Waals surface area contributed by atoms with Crippen molar-refractivity contribution in [3.05, 3.63) is 71.2 Å². The minimum Gasteiger partial charge on any atom is -0.490 e. The van der Waals surface area contributed by atoms with Gasteiger partial charge in [-0.05, 0) is 94.0 Å². The fourth-order valence-electron chi connectivity index (χ4n) is 5.05. The van der Waals surface area contributed by atoms with Gasteiger partial charge in [-0.1, -0.05) is 30.3 Å². The summed E-state index contributed by atoms with van der Waals surface area (Å²) in [5.41, 5.74) is 2.40. The average Bonchev–Trinajstić information content (AvgIpc) is 3.42. The van der Waals surface area contributed by atoms with Crippen molar-refractivity contribution in [1.29, 1.82) is 0 Å². The number of ether oxygens (including phenoxy) is 1. The molecule has 2 fully saturated rings. The second-order valence-corrected chi connectivity index (χ2v) is 10.9. The summed E-state index contributed by atoms with van der Waals surface area (Å²) >= 11 is 1.44. The lowest BCUT2D eigenvalue weighted by Gasteiger charge is -2.32. The molecule has 6 nitrogen and oxygen atoms in total. The predicted molar refractivity (Wildman–Crippen MR) is 145 cm³/mol. The lowest BCUT2D eigenvalue weighted by atomic mass is 9.93. The quantitative estimate of drug-likeness (QED) is 0.431. The van der Waals surface area contributed by atoms with Crippen LogP contribution in [-0.2, 0) is 6.54 Å². The smallest absolute Gasteiger partial charge is 0.263 e. The van der Waals surface area contributed by atoms with Crippen LogP contribution in [0.25, 0.3) is 10.6 Å². The molecule has 2 saturated heterocycles. The zero-order valence-corrected chi connectivity index (χ0v) is 21.6. The summed E-state index contributed by atoms with van der Waals surface area (Å²) in [6, 6.07) is 18.8. The molecular weight excluding hydrogens is 468 g/mol. The highest BCUT2D eigenvalue weighted by Crippen LogP contribution is 2.28. The molecule has 2 aliphatic heterocycles. The van der Waals surface area contributed by atoms with E-state index in [0.29, 0.717) is 10.8 Å². The molecule has 5 rings (SSSR count). The Morgan fingerprint density at radius 2 is 1.78 bits per heavy atom. The summed E-state index contributed by atoms with van der Waals surface area (Å²) in [5.74, 6) is 1.55. The first-order valence-electron chi connectivity index (χ1n) is 13.2. The van der Waals surface area contributed by atoms with Crippen LogP contribution in [0.1, 0.15) is 47.3 Å². The second-order valence-electron chi connectivity index (χ2n) is 9.87.